The second-order valence-corrected chi connectivity index (χ2v) is 3.71. The third-order valence-corrected chi connectivity index (χ3v) is 2.50. The average Bonchev–Trinajstić information content (AvgIpc) is 2.27. The Morgan fingerprint density at radius 2 is 2.13 bits per heavy atom. The fraction of sp³-hybridized carbons (Fsp3) is 0.154. The van der Waals surface area contributed by atoms with Crippen molar-refractivity contribution in [3.05, 3.63) is 48.3 Å². The standard InChI is InChI=1S/C13H14N2/c1-3-13-7-12-6-10(9(2)14)4-5-11(12)8-15-13/h3-9H,1,14H2,2H3. The third-order valence-electron chi connectivity index (χ3n) is 2.50. The molecule has 2 rings (SSSR count). The first-order valence-corrected chi connectivity index (χ1v) is 4.98. The van der Waals surface area contributed by atoms with Crippen LogP contribution in [-0.4, -0.2) is 4.98 Å². The van der Waals surface area contributed by atoms with Gasteiger partial charge in [0.1, 0.15) is 0 Å². The van der Waals surface area contributed by atoms with E-state index in [0.717, 1.165) is 22.0 Å². The Balaban J connectivity index is 2.62. The fourth-order valence-corrected chi connectivity index (χ4v) is 1.57. The van der Waals surface area contributed by atoms with Crippen LogP contribution in [0, 0.1) is 0 Å². The Hall–Kier alpha value is -1.67. The van der Waals surface area contributed by atoms with E-state index >= 15 is 0 Å². The summed E-state index contributed by atoms with van der Waals surface area (Å²) >= 11 is 0. The largest absolute Gasteiger partial charge is 0.324 e. The molecule has 0 saturated heterocycles. The van der Waals surface area contributed by atoms with Crippen LogP contribution in [-0.2, 0) is 0 Å². The molecule has 76 valence electrons. The Labute approximate surface area is 89.4 Å². The summed E-state index contributed by atoms with van der Waals surface area (Å²) in [5.41, 5.74) is 7.87. The molecule has 0 saturated carbocycles. The molecule has 2 nitrogen and oxygen atoms in total. The number of hydrogen-bond acceptors (Lipinski definition) is 2. The summed E-state index contributed by atoms with van der Waals surface area (Å²) in [4.78, 5) is 4.25. The topological polar surface area (TPSA) is 38.9 Å². The Morgan fingerprint density at radius 1 is 1.33 bits per heavy atom. The van der Waals surface area contributed by atoms with Gasteiger partial charge < -0.3 is 5.73 Å². The van der Waals surface area contributed by atoms with Crippen molar-refractivity contribution in [1.82, 2.24) is 4.98 Å². The first-order chi connectivity index (χ1) is 7.20. The summed E-state index contributed by atoms with van der Waals surface area (Å²) in [6.45, 7) is 5.69. The predicted molar refractivity (Wildman–Crippen MR) is 64.4 cm³/mol. The third kappa shape index (κ3) is 1.90. The molecule has 0 aliphatic heterocycles. The zero-order valence-corrected chi connectivity index (χ0v) is 8.77. The van der Waals surface area contributed by atoms with Gasteiger partial charge in [0.25, 0.3) is 0 Å². The van der Waals surface area contributed by atoms with Crippen molar-refractivity contribution in [1.29, 1.82) is 0 Å². The first-order valence-electron chi connectivity index (χ1n) is 4.98. The van der Waals surface area contributed by atoms with E-state index in [1.807, 2.05) is 31.3 Å². The molecule has 1 unspecified atom stereocenters. The van der Waals surface area contributed by atoms with Crippen molar-refractivity contribution in [3.63, 3.8) is 0 Å². The van der Waals surface area contributed by atoms with E-state index in [9.17, 15) is 0 Å². The van der Waals surface area contributed by atoms with Crippen LogP contribution in [0.5, 0.6) is 0 Å². The summed E-state index contributed by atoms with van der Waals surface area (Å²) in [6, 6.07) is 8.29. The molecular formula is C13H14N2. The molecule has 1 heterocycles. The van der Waals surface area contributed by atoms with Crippen molar-refractivity contribution in [2.45, 2.75) is 13.0 Å². The molecule has 0 aliphatic rings. The highest BCUT2D eigenvalue weighted by atomic mass is 14.7. The van der Waals surface area contributed by atoms with Crippen molar-refractivity contribution < 1.29 is 0 Å². The van der Waals surface area contributed by atoms with Gasteiger partial charge in [0.2, 0.25) is 0 Å². The molecule has 0 aliphatic carbocycles. The van der Waals surface area contributed by atoms with Gasteiger partial charge in [-0.1, -0.05) is 18.7 Å². The van der Waals surface area contributed by atoms with Crippen LogP contribution in [0.15, 0.2) is 37.0 Å². The van der Waals surface area contributed by atoms with Crippen LogP contribution < -0.4 is 5.73 Å². The molecule has 0 spiro atoms. The zero-order valence-electron chi connectivity index (χ0n) is 8.77. The van der Waals surface area contributed by atoms with Gasteiger partial charge in [-0.2, -0.15) is 0 Å². The second kappa shape index (κ2) is 3.83. The Morgan fingerprint density at radius 3 is 2.80 bits per heavy atom. The van der Waals surface area contributed by atoms with Crippen LogP contribution >= 0.6 is 0 Å². The number of hydrogen-bond donors (Lipinski definition) is 1. The SMILES string of the molecule is C=Cc1cc2cc(C(C)N)ccc2cn1. The Bertz CT molecular complexity index is 501. The highest BCUT2D eigenvalue weighted by molar-refractivity contribution is 5.83. The summed E-state index contributed by atoms with van der Waals surface area (Å²) in [6.07, 6.45) is 3.61. The van der Waals surface area contributed by atoms with E-state index in [-0.39, 0.29) is 6.04 Å². The number of nitrogens with zero attached hydrogens (tertiary/aromatic N) is 1. The normalized spacial score (nSPS) is 12.7. The molecule has 1 aromatic heterocycles. The molecule has 2 heteroatoms. The second-order valence-electron chi connectivity index (χ2n) is 3.71. The number of fused-ring (bicyclic) bond motifs is 1. The number of nitrogens with two attached hydrogens (primary N) is 1. The summed E-state index contributed by atoms with van der Waals surface area (Å²) in [5, 5.41) is 2.29. The molecule has 1 atom stereocenters. The summed E-state index contributed by atoms with van der Waals surface area (Å²) in [5.74, 6) is 0. The fourth-order valence-electron chi connectivity index (χ4n) is 1.57. The molecular weight excluding hydrogens is 184 g/mol. The Kier molecular flexibility index (Phi) is 2.52. The number of benzene rings is 1. The van der Waals surface area contributed by atoms with E-state index in [0.29, 0.717) is 0 Å². The van der Waals surface area contributed by atoms with Crippen molar-refractivity contribution in [2.24, 2.45) is 5.73 Å². The summed E-state index contributed by atoms with van der Waals surface area (Å²) < 4.78 is 0. The maximum Gasteiger partial charge on any atom is 0.0630 e. The average molecular weight is 198 g/mol. The van der Waals surface area contributed by atoms with Crippen LogP contribution in [0.2, 0.25) is 0 Å². The number of rotatable bonds is 2. The van der Waals surface area contributed by atoms with Crippen LogP contribution in [0.4, 0.5) is 0 Å². The molecule has 0 fully saturated rings. The highest BCUT2D eigenvalue weighted by Gasteiger charge is 2.01. The number of aromatic nitrogens is 1. The van der Waals surface area contributed by atoms with Gasteiger partial charge in [-0.15, -0.1) is 0 Å². The van der Waals surface area contributed by atoms with Crippen LogP contribution in [0.1, 0.15) is 24.2 Å². The quantitative estimate of drug-likeness (QED) is 0.805. The number of pyridine rings is 1. The lowest BCUT2D eigenvalue weighted by Crippen LogP contribution is -2.04. The molecule has 0 radical (unpaired) electrons. The van der Waals surface area contributed by atoms with E-state index in [1.54, 1.807) is 6.08 Å². The van der Waals surface area contributed by atoms with Gasteiger partial charge in [0, 0.05) is 17.6 Å². The van der Waals surface area contributed by atoms with Gasteiger partial charge in [0.15, 0.2) is 0 Å². The van der Waals surface area contributed by atoms with Crippen molar-refractivity contribution >= 4 is 16.8 Å². The zero-order chi connectivity index (χ0) is 10.8. The minimum Gasteiger partial charge on any atom is -0.324 e. The first kappa shape index (κ1) is 9.87. The molecule has 2 aromatic rings. The lowest BCUT2D eigenvalue weighted by Gasteiger charge is -2.07. The van der Waals surface area contributed by atoms with Gasteiger partial charge in [0.05, 0.1) is 5.69 Å². The van der Waals surface area contributed by atoms with Crippen LogP contribution in [0.3, 0.4) is 0 Å². The van der Waals surface area contributed by atoms with Crippen LogP contribution in [0.25, 0.3) is 16.8 Å². The smallest absolute Gasteiger partial charge is 0.0630 e. The minimum atomic E-state index is 0.0646. The molecule has 2 N–H and O–H groups in total. The lowest BCUT2D eigenvalue weighted by molar-refractivity contribution is 0.820. The van der Waals surface area contributed by atoms with Gasteiger partial charge in [-0.25, -0.2) is 0 Å². The van der Waals surface area contributed by atoms with E-state index < -0.39 is 0 Å². The van der Waals surface area contributed by atoms with E-state index in [2.05, 4.69) is 17.6 Å². The van der Waals surface area contributed by atoms with Gasteiger partial charge in [-0.3, -0.25) is 4.98 Å². The van der Waals surface area contributed by atoms with Crippen molar-refractivity contribution in [2.75, 3.05) is 0 Å². The molecule has 0 bridgehead atoms. The highest BCUT2D eigenvalue weighted by Crippen LogP contribution is 2.19. The maximum absolute atomic E-state index is 5.84. The van der Waals surface area contributed by atoms with Gasteiger partial charge in [-0.05, 0) is 36.1 Å². The van der Waals surface area contributed by atoms with Gasteiger partial charge >= 0.3 is 0 Å². The minimum absolute atomic E-state index is 0.0646. The lowest BCUT2D eigenvalue weighted by atomic mass is 10.0. The monoisotopic (exact) mass is 198 g/mol. The molecule has 1 aromatic carbocycles. The summed E-state index contributed by atoms with van der Waals surface area (Å²) in [7, 11) is 0. The van der Waals surface area contributed by atoms with E-state index in [4.69, 9.17) is 5.73 Å². The maximum atomic E-state index is 5.84. The van der Waals surface area contributed by atoms with Crippen molar-refractivity contribution in [3.8, 4) is 0 Å². The molecule has 0 amide bonds. The molecule has 15 heavy (non-hydrogen) atoms. The van der Waals surface area contributed by atoms with E-state index in [1.165, 1.54) is 0 Å². The predicted octanol–water partition coefficient (Wildman–Crippen LogP) is 2.90.